The van der Waals surface area contributed by atoms with Gasteiger partial charge in [0.2, 0.25) is 0 Å². The highest BCUT2D eigenvalue weighted by molar-refractivity contribution is 7.80. The zero-order valence-corrected chi connectivity index (χ0v) is 20.4. The number of carbonyl (C=O) groups is 1. The minimum atomic E-state index is -4.46. The fourth-order valence-electron chi connectivity index (χ4n) is 8.97. The third-order valence-electron chi connectivity index (χ3n) is 10.5. The minimum Gasteiger partial charge on any atom is -0.481 e. The van der Waals surface area contributed by atoms with Gasteiger partial charge in [-0.05, 0) is 104 Å². The molecule has 4 aliphatic carbocycles. The summed E-state index contributed by atoms with van der Waals surface area (Å²) in [7, 11) is -4.46. The molecule has 0 aliphatic heterocycles. The van der Waals surface area contributed by atoms with E-state index in [-0.39, 0.29) is 29.1 Å². The molecule has 0 spiro atoms. The van der Waals surface area contributed by atoms with Gasteiger partial charge in [-0.25, -0.2) is 4.18 Å². The van der Waals surface area contributed by atoms with Gasteiger partial charge < -0.3 is 10.2 Å². The van der Waals surface area contributed by atoms with Gasteiger partial charge in [-0.3, -0.25) is 9.35 Å². The van der Waals surface area contributed by atoms with Crippen molar-refractivity contribution < 1.29 is 32.2 Å². The third-order valence-corrected chi connectivity index (χ3v) is 11.0. The maximum atomic E-state index is 11.4. The Morgan fingerprint density at radius 2 is 1.72 bits per heavy atom. The Morgan fingerprint density at radius 3 is 2.38 bits per heavy atom. The molecule has 7 nitrogen and oxygen atoms in total. The lowest BCUT2D eigenvalue weighted by Gasteiger charge is -2.62. The molecule has 1 unspecified atom stereocenters. The number of hydrogen-bond donors (Lipinski definition) is 3. The largest absolute Gasteiger partial charge is 0.481 e. The van der Waals surface area contributed by atoms with Crippen molar-refractivity contribution >= 4 is 16.4 Å². The smallest absolute Gasteiger partial charge is 0.397 e. The Balaban J connectivity index is 1.52. The predicted octanol–water partition coefficient (Wildman–Crippen LogP) is 4.31. The van der Waals surface area contributed by atoms with Gasteiger partial charge in [0.05, 0.1) is 12.2 Å². The van der Waals surface area contributed by atoms with Crippen LogP contribution in [0.25, 0.3) is 0 Å². The van der Waals surface area contributed by atoms with Crippen LogP contribution in [-0.2, 0) is 19.4 Å². The van der Waals surface area contributed by atoms with E-state index in [9.17, 15) is 18.3 Å². The van der Waals surface area contributed by atoms with E-state index in [4.69, 9.17) is 13.8 Å². The molecular weight excluding hydrogens is 432 g/mol. The number of aliphatic hydroxyl groups is 1. The Bertz CT molecular complexity index is 828. The first kappa shape index (κ1) is 24.4. The second-order valence-corrected chi connectivity index (χ2v) is 12.9. The summed E-state index contributed by atoms with van der Waals surface area (Å²) in [5.41, 5.74) is 0.200. The summed E-state index contributed by atoms with van der Waals surface area (Å²) in [5.74, 6) is 1.46. The molecule has 10 atom stereocenters. The van der Waals surface area contributed by atoms with E-state index in [1.54, 1.807) is 0 Å². The van der Waals surface area contributed by atoms with Crippen molar-refractivity contribution in [3.8, 4) is 0 Å². The van der Waals surface area contributed by atoms with Crippen LogP contribution in [0.4, 0.5) is 0 Å². The van der Waals surface area contributed by atoms with Crippen LogP contribution < -0.4 is 0 Å². The van der Waals surface area contributed by atoms with Gasteiger partial charge >= 0.3 is 16.4 Å². The second kappa shape index (κ2) is 8.51. The lowest BCUT2D eigenvalue weighted by atomic mass is 9.43. The fraction of sp³-hybridized carbons (Fsp3) is 0.958. The standard InChI is InChI=1S/C24H40O7S/c1-14(4-7-21(26)27)17-5-6-18-22-19(9-11-24(17,18)3)23(2)10-8-16(31-32(28,29)30)12-15(23)13-20(22)25/h14-20,22,25H,4-13H2,1-3H3,(H,26,27)(H,28,29,30)/t14-,15?,16-,17-,18+,19+,20-,22+,23+,24-/m1/s1. The van der Waals surface area contributed by atoms with Crippen molar-refractivity contribution in [1.29, 1.82) is 0 Å². The van der Waals surface area contributed by atoms with Crippen molar-refractivity contribution in [2.24, 2.45) is 46.3 Å². The Hall–Kier alpha value is -0.700. The van der Waals surface area contributed by atoms with E-state index >= 15 is 0 Å². The Kier molecular flexibility index (Phi) is 6.49. The molecular formula is C24H40O7S. The molecule has 0 aromatic carbocycles. The lowest BCUT2D eigenvalue weighted by molar-refractivity contribution is -0.172. The van der Waals surface area contributed by atoms with Crippen LogP contribution in [0.2, 0.25) is 0 Å². The van der Waals surface area contributed by atoms with Gasteiger partial charge in [0, 0.05) is 6.42 Å². The van der Waals surface area contributed by atoms with Crippen molar-refractivity contribution in [2.75, 3.05) is 0 Å². The summed E-state index contributed by atoms with van der Waals surface area (Å²) in [6.45, 7) is 6.93. The lowest BCUT2D eigenvalue weighted by Crippen LogP contribution is -2.58. The molecule has 4 rings (SSSR count). The average Bonchev–Trinajstić information content (AvgIpc) is 3.03. The van der Waals surface area contributed by atoms with Crippen molar-refractivity contribution in [2.45, 2.75) is 97.2 Å². The highest BCUT2D eigenvalue weighted by Crippen LogP contribution is 2.68. The number of hydrogen-bond acceptors (Lipinski definition) is 5. The summed E-state index contributed by atoms with van der Waals surface area (Å²) >= 11 is 0. The molecule has 32 heavy (non-hydrogen) atoms. The van der Waals surface area contributed by atoms with E-state index in [0.29, 0.717) is 49.4 Å². The van der Waals surface area contributed by atoms with Crippen LogP contribution in [0.1, 0.15) is 85.0 Å². The van der Waals surface area contributed by atoms with Crippen LogP contribution in [0.3, 0.4) is 0 Å². The first-order chi connectivity index (χ1) is 14.8. The van der Waals surface area contributed by atoms with Crippen molar-refractivity contribution in [3.05, 3.63) is 0 Å². The molecule has 0 aromatic heterocycles. The quantitative estimate of drug-likeness (QED) is 0.493. The van der Waals surface area contributed by atoms with E-state index in [1.807, 2.05) is 0 Å². The number of carboxylic acid groups (broad SMARTS) is 1. The molecule has 0 aromatic rings. The van der Waals surface area contributed by atoms with E-state index in [1.165, 1.54) is 0 Å². The van der Waals surface area contributed by atoms with Crippen molar-refractivity contribution in [3.63, 3.8) is 0 Å². The summed E-state index contributed by atoms with van der Waals surface area (Å²) in [6.07, 6.45) is 7.11. The maximum absolute atomic E-state index is 11.4. The van der Waals surface area contributed by atoms with Crippen LogP contribution in [0.5, 0.6) is 0 Å². The monoisotopic (exact) mass is 472 g/mol. The van der Waals surface area contributed by atoms with Gasteiger partial charge in [0.1, 0.15) is 0 Å². The first-order valence-corrected chi connectivity index (χ1v) is 13.8. The average molecular weight is 473 g/mol. The van der Waals surface area contributed by atoms with Gasteiger partial charge in [0.15, 0.2) is 0 Å². The molecule has 0 amide bonds. The van der Waals surface area contributed by atoms with Crippen LogP contribution in [-0.4, -0.2) is 41.4 Å². The van der Waals surface area contributed by atoms with Crippen LogP contribution in [0, 0.1) is 46.3 Å². The highest BCUT2D eigenvalue weighted by atomic mass is 32.3. The SMILES string of the molecule is C[C@H](CCC(=O)O)[C@H]1CC[C@H]2[C@@H]3[C@H](O)CC4C[C@H](OS(=O)(=O)O)CC[C@]4(C)[C@H]3CC[C@]12C. The summed E-state index contributed by atoms with van der Waals surface area (Å²) < 4.78 is 36.4. The predicted molar refractivity (Wildman–Crippen MR) is 119 cm³/mol. The first-order valence-electron chi connectivity index (χ1n) is 12.4. The fourth-order valence-corrected chi connectivity index (χ4v) is 9.49. The summed E-state index contributed by atoms with van der Waals surface area (Å²) in [6, 6.07) is 0. The number of fused-ring (bicyclic) bond motifs is 5. The summed E-state index contributed by atoms with van der Waals surface area (Å²) in [5, 5.41) is 20.5. The molecule has 3 N–H and O–H groups in total. The van der Waals surface area contributed by atoms with E-state index in [0.717, 1.165) is 32.1 Å². The maximum Gasteiger partial charge on any atom is 0.397 e. The molecule has 0 saturated heterocycles. The molecule has 0 radical (unpaired) electrons. The molecule has 8 heteroatoms. The van der Waals surface area contributed by atoms with Gasteiger partial charge in [-0.1, -0.05) is 20.8 Å². The second-order valence-electron chi connectivity index (χ2n) is 11.9. The number of aliphatic carboxylic acids is 1. The number of aliphatic hydroxyl groups excluding tert-OH is 1. The van der Waals surface area contributed by atoms with Crippen molar-refractivity contribution in [1.82, 2.24) is 0 Å². The number of rotatable bonds is 6. The Morgan fingerprint density at radius 1 is 1.06 bits per heavy atom. The highest BCUT2D eigenvalue weighted by Gasteiger charge is 2.63. The number of carboxylic acids is 1. The third kappa shape index (κ3) is 4.25. The van der Waals surface area contributed by atoms with Gasteiger partial charge in [-0.15, -0.1) is 0 Å². The molecule has 0 bridgehead atoms. The summed E-state index contributed by atoms with van der Waals surface area (Å²) in [4.78, 5) is 11.1. The van der Waals surface area contributed by atoms with Gasteiger partial charge in [-0.2, -0.15) is 8.42 Å². The molecule has 0 heterocycles. The van der Waals surface area contributed by atoms with Crippen LogP contribution in [0.15, 0.2) is 0 Å². The molecule has 4 aliphatic rings. The molecule has 4 saturated carbocycles. The zero-order chi connectivity index (χ0) is 23.5. The normalized spacial score (nSPS) is 47.2. The van der Waals surface area contributed by atoms with E-state index < -0.39 is 28.6 Å². The van der Waals surface area contributed by atoms with Crippen LogP contribution >= 0.6 is 0 Å². The topological polar surface area (TPSA) is 121 Å². The zero-order valence-electron chi connectivity index (χ0n) is 19.6. The molecule has 184 valence electrons. The Labute approximate surface area is 192 Å². The minimum absolute atomic E-state index is 0.0529. The molecule has 4 fully saturated rings. The van der Waals surface area contributed by atoms with E-state index in [2.05, 4.69) is 20.8 Å². The van der Waals surface area contributed by atoms with Gasteiger partial charge in [0.25, 0.3) is 0 Å².